The van der Waals surface area contributed by atoms with Crippen molar-refractivity contribution in [2.24, 2.45) is 10.1 Å². The molecule has 0 aliphatic carbocycles. The minimum atomic E-state index is 0.157. The van der Waals surface area contributed by atoms with Crippen LogP contribution >= 0.6 is 0 Å². The van der Waals surface area contributed by atoms with Gasteiger partial charge in [0.1, 0.15) is 0 Å². The molecule has 1 atom stereocenters. The SMILES string of the molecule is CN=C1C=NN2C=CNC12. The van der Waals surface area contributed by atoms with E-state index in [0.29, 0.717) is 0 Å². The van der Waals surface area contributed by atoms with Crippen molar-refractivity contribution in [3.8, 4) is 0 Å². The summed E-state index contributed by atoms with van der Waals surface area (Å²) >= 11 is 0. The summed E-state index contributed by atoms with van der Waals surface area (Å²) in [5.41, 5.74) is 0.977. The molecule has 0 spiro atoms. The van der Waals surface area contributed by atoms with Crippen LogP contribution in [0, 0.1) is 0 Å². The molecule has 0 saturated heterocycles. The highest BCUT2D eigenvalue weighted by atomic mass is 15.5. The molecule has 2 rings (SSSR count). The fourth-order valence-corrected chi connectivity index (χ4v) is 1.08. The number of rotatable bonds is 0. The summed E-state index contributed by atoms with van der Waals surface area (Å²) in [6.45, 7) is 0. The van der Waals surface area contributed by atoms with Gasteiger partial charge in [-0.1, -0.05) is 0 Å². The van der Waals surface area contributed by atoms with Gasteiger partial charge in [0.2, 0.25) is 0 Å². The molecule has 0 aromatic rings. The topological polar surface area (TPSA) is 40.0 Å². The van der Waals surface area contributed by atoms with Gasteiger partial charge in [-0.15, -0.1) is 0 Å². The van der Waals surface area contributed by atoms with E-state index in [-0.39, 0.29) is 6.17 Å². The van der Waals surface area contributed by atoms with Crippen LogP contribution in [-0.2, 0) is 0 Å². The fourth-order valence-electron chi connectivity index (χ4n) is 1.08. The first-order valence-corrected chi connectivity index (χ1v) is 3.13. The number of aliphatic imine (C=N–C) groups is 1. The van der Waals surface area contributed by atoms with Crippen molar-refractivity contribution in [3.05, 3.63) is 12.4 Å². The number of nitrogens with one attached hydrogen (secondary N) is 1. The van der Waals surface area contributed by atoms with Gasteiger partial charge in [-0.05, 0) is 0 Å². The molecule has 0 fully saturated rings. The molecular weight excluding hydrogens is 128 g/mol. The standard InChI is InChI=1S/C6H8N4/c1-7-5-4-9-10-3-2-8-6(5)10/h2-4,6,8H,1H3. The van der Waals surface area contributed by atoms with Crippen LogP contribution < -0.4 is 5.32 Å². The Morgan fingerprint density at radius 3 is 3.50 bits per heavy atom. The van der Waals surface area contributed by atoms with Crippen molar-refractivity contribution < 1.29 is 0 Å². The molecule has 10 heavy (non-hydrogen) atoms. The third-order valence-electron chi connectivity index (χ3n) is 1.61. The largest absolute Gasteiger partial charge is 0.363 e. The smallest absolute Gasteiger partial charge is 0.164 e. The van der Waals surface area contributed by atoms with E-state index in [1.807, 2.05) is 17.4 Å². The van der Waals surface area contributed by atoms with E-state index in [4.69, 9.17) is 0 Å². The lowest BCUT2D eigenvalue weighted by Crippen LogP contribution is -2.35. The molecule has 4 heteroatoms. The van der Waals surface area contributed by atoms with Crippen molar-refractivity contribution in [3.63, 3.8) is 0 Å². The van der Waals surface area contributed by atoms with Gasteiger partial charge < -0.3 is 5.32 Å². The average molecular weight is 136 g/mol. The molecule has 1 unspecified atom stereocenters. The monoisotopic (exact) mass is 136 g/mol. The molecule has 2 aliphatic rings. The Morgan fingerprint density at radius 2 is 2.70 bits per heavy atom. The maximum atomic E-state index is 4.08. The summed E-state index contributed by atoms with van der Waals surface area (Å²) in [6.07, 6.45) is 5.68. The molecule has 2 aliphatic heterocycles. The highest BCUT2D eigenvalue weighted by molar-refractivity contribution is 6.34. The Bertz CT molecular complexity index is 228. The van der Waals surface area contributed by atoms with Crippen LogP contribution in [0.25, 0.3) is 0 Å². The average Bonchev–Trinajstić information content (AvgIpc) is 2.44. The van der Waals surface area contributed by atoms with Gasteiger partial charge in [-0.25, -0.2) is 5.01 Å². The van der Waals surface area contributed by atoms with Gasteiger partial charge in [0.25, 0.3) is 0 Å². The Morgan fingerprint density at radius 1 is 1.80 bits per heavy atom. The molecule has 0 saturated carbocycles. The number of hydrazone groups is 1. The Labute approximate surface area is 58.9 Å². The highest BCUT2D eigenvalue weighted by Crippen LogP contribution is 2.11. The third kappa shape index (κ3) is 0.556. The Kier molecular flexibility index (Phi) is 1.00. The lowest BCUT2D eigenvalue weighted by atomic mass is 10.3. The molecule has 2 heterocycles. The van der Waals surface area contributed by atoms with Crippen LogP contribution in [0.4, 0.5) is 0 Å². The van der Waals surface area contributed by atoms with E-state index in [1.54, 1.807) is 13.3 Å². The second kappa shape index (κ2) is 1.83. The first-order chi connectivity index (χ1) is 4.92. The van der Waals surface area contributed by atoms with E-state index in [0.717, 1.165) is 5.71 Å². The van der Waals surface area contributed by atoms with E-state index < -0.39 is 0 Å². The van der Waals surface area contributed by atoms with Crippen molar-refractivity contribution in [1.29, 1.82) is 0 Å². The van der Waals surface area contributed by atoms with Crippen LogP contribution in [-0.4, -0.2) is 30.1 Å². The number of nitrogens with zero attached hydrogens (tertiary/aromatic N) is 3. The van der Waals surface area contributed by atoms with Gasteiger partial charge in [0, 0.05) is 19.4 Å². The summed E-state index contributed by atoms with van der Waals surface area (Å²) in [4.78, 5) is 4.05. The summed E-state index contributed by atoms with van der Waals surface area (Å²) in [5, 5.41) is 9.02. The first-order valence-electron chi connectivity index (χ1n) is 3.13. The molecule has 52 valence electrons. The Hall–Kier alpha value is -1.32. The van der Waals surface area contributed by atoms with E-state index in [2.05, 4.69) is 15.4 Å². The zero-order valence-corrected chi connectivity index (χ0v) is 5.65. The zero-order chi connectivity index (χ0) is 6.97. The second-order valence-electron chi connectivity index (χ2n) is 2.16. The summed E-state index contributed by atoms with van der Waals surface area (Å²) in [5.74, 6) is 0. The summed E-state index contributed by atoms with van der Waals surface area (Å²) in [7, 11) is 1.77. The van der Waals surface area contributed by atoms with E-state index >= 15 is 0 Å². The molecule has 0 amide bonds. The summed E-state index contributed by atoms with van der Waals surface area (Å²) in [6, 6.07) is 0. The van der Waals surface area contributed by atoms with Gasteiger partial charge in [0.05, 0.1) is 11.9 Å². The predicted octanol–water partition coefficient (Wildman–Crippen LogP) is -0.241. The van der Waals surface area contributed by atoms with Crippen LogP contribution in [0.1, 0.15) is 0 Å². The molecule has 1 N–H and O–H groups in total. The second-order valence-corrected chi connectivity index (χ2v) is 2.16. The molecule has 0 radical (unpaired) electrons. The minimum Gasteiger partial charge on any atom is -0.363 e. The van der Waals surface area contributed by atoms with Gasteiger partial charge in [0.15, 0.2) is 6.17 Å². The molecular formula is C6H8N4. The minimum absolute atomic E-state index is 0.157. The zero-order valence-electron chi connectivity index (χ0n) is 5.65. The van der Waals surface area contributed by atoms with Crippen LogP contribution in [0.3, 0.4) is 0 Å². The van der Waals surface area contributed by atoms with Crippen LogP contribution in [0.2, 0.25) is 0 Å². The maximum absolute atomic E-state index is 4.08. The third-order valence-corrected chi connectivity index (χ3v) is 1.61. The number of hydrogen-bond acceptors (Lipinski definition) is 4. The first kappa shape index (κ1) is 5.46. The normalized spacial score (nSPS) is 31.5. The van der Waals surface area contributed by atoms with Gasteiger partial charge in [-0.2, -0.15) is 5.10 Å². The van der Waals surface area contributed by atoms with Crippen molar-refractivity contribution in [1.82, 2.24) is 10.3 Å². The van der Waals surface area contributed by atoms with E-state index in [9.17, 15) is 0 Å². The lowest BCUT2D eigenvalue weighted by Gasteiger charge is -2.12. The summed E-state index contributed by atoms with van der Waals surface area (Å²) < 4.78 is 0. The van der Waals surface area contributed by atoms with Gasteiger partial charge in [-0.3, -0.25) is 4.99 Å². The number of hydrogen-bond donors (Lipinski definition) is 1. The maximum Gasteiger partial charge on any atom is 0.164 e. The number of fused-ring (bicyclic) bond motifs is 1. The lowest BCUT2D eigenvalue weighted by molar-refractivity contribution is 0.378. The quantitative estimate of drug-likeness (QED) is 0.499. The van der Waals surface area contributed by atoms with Crippen molar-refractivity contribution in [2.75, 3.05) is 7.05 Å². The van der Waals surface area contributed by atoms with Gasteiger partial charge >= 0.3 is 0 Å². The predicted molar refractivity (Wildman–Crippen MR) is 39.8 cm³/mol. The molecule has 0 bridgehead atoms. The fraction of sp³-hybridized carbons (Fsp3) is 0.333. The van der Waals surface area contributed by atoms with E-state index in [1.165, 1.54) is 0 Å². The van der Waals surface area contributed by atoms with Crippen molar-refractivity contribution >= 4 is 11.9 Å². The van der Waals surface area contributed by atoms with Crippen LogP contribution in [0.15, 0.2) is 22.5 Å². The van der Waals surface area contributed by atoms with Crippen LogP contribution in [0.5, 0.6) is 0 Å². The molecule has 0 aromatic carbocycles. The highest BCUT2D eigenvalue weighted by Gasteiger charge is 2.26. The molecule has 4 nitrogen and oxygen atoms in total. The van der Waals surface area contributed by atoms with Crippen molar-refractivity contribution in [2.45, 2.75) is 6.17 Å². The Balaban J connectivity index is 2.28. The molecule has 0 aromatic heterocycles.